The second kappa shape index (κ2) is 5.42. The summed E-state index contributed by atoms with van der Waals surface area (Å²) in [5.74, 6) is 0.756. The Balaban J connectivity index is 1.83. The van der Waals surface area contributed by atoms with E-state index in [9.17, 15) is 0 Å². The maximum absolute atomic E-state index is 4.36. The van der Waals surface area contributed by atoms with E-state index in [1.54, 1.807) is 6.33 Å². The molecule has 1 unspecified atom stereocenters. The van der Waals surface area contributed by atoms with Crippen LogP contribution in [-0.2, 0) is 0 Å². The highest BCUT2D eigenvalue weighted by Gasteiger charge is 2.23. The van der Waals surface area contributed by atoms with Gasteiger partial charge in [-0.15, -0.1) is 0 Å². The lowest BCUT2D eigenvalue weighted by molar-refractivity contribution is 0.611. The number of hydrogen-bond acceptors (Lipinski definition) is 3. The normalized spacial score (nSPS) is 16.6. The van der Waals surface area contributed by atoms with E-state index >= 15 is 0 Å². The molecule has 1 N–H and O–H groups in total. The fourth-order valence-corrected chi connectivity index (χ4v) is 3.06. The highest BCUT2D eigenvalue weighted by Crippen LogP contribution is 2.32. The number of aromatic nitrogens is 3. The van der Waals surface area contributed by atoms with E-state index in [2.05, 4.69) is 61.7 Å². The molecule has 4 nitrogen and oxygen atoms in total. The molecule has 22 heavy (non-hydrogen) atoms. The summed E-state index contributed by atoms with van der Waals surface area (Å²) in [5, 5.41) is 7.70. The summed E-state index contributed by atoms with van der Waals surface area (Å²) in [5.41, 5.74) is 3.35. The summed E-state index contributed by atoms with van der Waals surface area (Å²) in [7, 11) is 0. The van der Waals surface area contributed by atoms with Gasteiger partial charge >= 0.3 is 0 Å². The van der Waals surface area contributed by atoms with Gasteiger partial charge < -0.3 is 5.32 Å². The number of anilines is 1. The molecule has 0 amide bonds. The Morgan fingerprint density at radius 3 is 2.73 bits per heavy atom. The first kappa shape index (κ1) is 13.3. The molecule has 0 aliphatic carbocycles. The van der Waals surface area contributed by atoms with Crippen molar-refractivity contribution >= 4 is 27.6 Å². The first-order valence-corrected chi connectivity index (χ1v) is 7.80. The smallest absolute Gasteiger partial charge is 0.226 e. The highest BCUT2D eigenvalue weighted by atomic mass is 79.9. The van der Waals surface area contributed by atoms with Gasteiger partial charge in [0.1, 0.15) is 12.4 Å². The zero-order chi connectivity index (χ0) is 14.9. The molecule has 0 bridgehead atoms. The number of halogens is 1. The maximum Gasteiger partial charge on any atom is 0.226 e. The van der Waals surface area contributed by atoms with Crippen molar-refractivity contribution in [1.29, 1.82) is 0 Å². The molecule has 1 aromatic heterocycles. The van der Waals surface area contributed by atoms with Crippen LogP contribution in [0.25, 0.3) is 5.70 Å². The van der Waals surface area contributed by atoms with Crippen molar-refractivity contribution in [2.45, 2.75) is 6.04 Å². The van der Waals surface area contributed by atoms with Crippen molar-refractivity contribution in [2.75, 3.05) is 5.32 Å². The van der Waals surface area contributed by atoms with Crippen LogP contribution in [-0.4, -0.2) is 14.8 Å². The number of allylic oxidation sites excluding steroid dienone is 1. The van der Waals surface area contributed by atoms with Gasteiger partial charge in [-0.05, 0) is 29.3 Å². The van der Waals surface area contributed by atoms with Gasteiger partial charge in [0.2, 0.25) is 5.95 Å². The number of benzene rings is 2. The Hall–Kier alpha value is -2.40. The molecular weight excluding hydrogens is 340 g/mol. The minimum atomic E-state index is 0.0199. The molecule has 0 saturated carbocycles. The monoisotopic (exact) mass is 352 g/mol. The van der Waals surface area contributed by atoms with Crippen molar-refractivity contribution in [3.63, 3.8) is 0 Å². The van der Waals surface area contributed by atoms with E-state index < -0.39 is 0 Å². The Morgan fingerprint density at radius 1 is 1.05 bits per heavy atom. The molecule has 1 aliphatic heterocycles. The summed E-state index contributed by atoms with van der Waals surface area (Å²) < 4.78 is 2.95. The number of rotatable bonds is 2. The molecule has 2 aromatic carbocycles. The van der Waals surface area contributed by atoms with Crippen molar-refractivity contribution < 1.29 is 0 Å². The molecule has 0 fully saturated rings. The fraction of sp³-hybridized carbons (Fsp3) is 0.0588. The number of nitrogens with one attached hydrogen (secondary N) is 1. The number of fused-ring (bicyclic) bond motifs is 1. The Bertz CT molecular complexity index is 839. The minimum absolute atomic E-state index is 0.0199. The Kier molecular flexibility index (Phi) is 3.27. The van der Waals surface area contributed by atoms with E-state index in [1.165, 1.54) is 0 Å². The van der Waals surface area contributed by atoms with Crippen LogP contribution in [0.15, 0.2) is 71.5 Å². The quantitative estimate of drug-likeness (QED) is 0.754. The van der Waals surface area contributed by atoms with E-state index in [4.69, 9.17) is 0 Å². The molecule has 1 aliphatic rings. The van der Waals surface area contributed by atoms with Crippen molar-refractivity contribution in [3.05, 3.63) is 82.6 Å². The summed E-state index contributed by atoms with van der Waals surface area (Å²) >= 11 is 3.54. The molecule has 0 spiro atoms. The van der Waals surface area contributed by atoms with Crippen molar-refractivity contribution in [3.8, 4) is 0 Å². The zero-order valence-corrected chi connectivity index (χ0v) is 13.2. The average molecular weight is 353 g/mol. The van der Waals surface area contributed by atoms with E-state index in [0.717, 1.165) is 27.2 Å². The lowest BCUT2D eigenvalue weighted by Crippen LogP contribution is -2.20. The first-order chi connectivity index (χ1) is 10.8. The van der Waals surface area contributed by atoms with Gasteiger partial charge in [0, 0.05) is 10.2 Å². The van der Waals surface area contributed by atoms with Crippen LogP contribution in [0.5, 0.6) is 0 Å². The van der Waals surface area contributed by atoms with Crippen LogP contribution in [0.4, 0.5) is 5.95 Å². The SMILES string of the molecule is Brc1cccc(C2C=C(c3ccccc3)Nc3ncnn32)c1. The second-order valence-corrected chi connectivity index (χ2v) is 6.02. The summed E-state index contributed by atoms with van der Waals surface area (Å²) in [6, 6.07) is 18.5. The maximum atomic E-state index is 4.36. The predicted octanol–water partition coefficient (Wildman–Crippen LogP) is 4.10. The third-order valence-electron chi connectivity index (χ3n) is 3.68. The predicted molar refractivity (Wildman–Crippen MR) is 90.3 cm³/mol. The number of nitrogens with zero attached hydrogens (tertiary/aromatic N) is 3. The van der Waals surface area contributed by atoms with Crippen LogP contribution >= 0.6 is 15.9 Å². The minimum Gasteiger partial charge on any atom is -0.324 e. The van der Waals surface area contributed by atoms with Gasteiger partial charge in [-0.3, -0.25) is 0 Å². The van der Waals surface area contributed by atoms with Crippen LogP contribution in [0.2, 0.25) is 0 Å². The van der Waals surface area contributed by atoms with Crippen LogP contribution in [0.3, 0.4) is 0 Å². The van der Waals surface area contributed by atoms with Crippen LogP contribution < -0.4 is 5.32 Å². The first-order valence-electron chi connectivity index (χ1n) is 7.00. The molecule has 2 heterocycles. The standard InChI is InChI=1S/C17H13BrN4/c18-14-8-4-7-13(9-14)16-10-15(12-5-2-1-3-6-12)21-17-19-11-20-22(16)17/h1-11,16H,(H,19,20,21). The molecule has 0 saturated heterocycles. The zero-order valence-electron chi connectivity index (χ0n) is 11.6. The summed E-state index contributed by atoms with van der Waals surface area (Å²) in [4.78, 5) is 4.32. The van der Waals surface area contributed by atoms with Crippen molar-refractivity contribution in [1.82, 2.24) is 14.8 Å². The lowest BCUT2D eigenvalue weighted by Gasteiger charge is -2.24. The van der Waals surface area contributed by atoms with E-state index in [1.807, 2.05) is 35.0 Å². The van der Waals surface area contributed by atoms with Gasteiger partial charge in [-0.1, -0.05) is 58.4 Å². The fourth-order valence-electron chi connectivity index (χ4n) is 2.65. The molecule has 5 heteroatoms. The van der Waals surface area contributed by atoms with Crippen molar-refractivity contribution in [2.24, 2.45) is 0 Å². The molecule has 3 aromatic rings. The van der Waals surface area contributed by atoms with Gasteiger partial charge in [-0.2, -0.15) is 10.1 Å². The second-order valence-electron chi connectivity index (χ2n) is 5.10. The molecule has 4 rings (SSSR count). The topological polar surface area (TPSA) is 42.7 Å². The molecule has 1 atom stereocenters. The molecular formula is C17H13BrN4. The van der Waals surface area contributed by atoms with Gasteiger partial charge in [0.25, 0.3) is 0 Å². The number of hydrogen-bond donors (Lipinski definition) is 1. The van der Waals surface area contributed by atoms with Crippen LogP contribution in [0, 0.1) is 0 Å². The third kappa shape index (κ3) is 2.33. The Labute approximate surface area is 136 Å². The van der Waals surface area contributed by atoms with Crippen LogP contribution in [0.1, 0.15) is 17.2 Å². The average Bonchev–Trinajstić information content (AvgIpc) is 3.03. The van der Waals surface area contributed by atoms with E-state index in [-0.39, 0.29) is 6.04 Å². The highest BCUT2D eigenvalue weighted by molar-refractivity contribution is 9.10. The van der Waals surface area contributed by atoms with Gasteiger partial charge in [0.15, 0.2) is 0 Å². The van der Waals surface area contributed by atoms with Gasteiger partial charge in [0.05, 0.1) is 0 Å². The summed E-state index contributed by atoms with van der Waals surface area (Å²) in [6.45, 7) is 0. The van der Waals surface area contributed by atoms with E-state index in [0.29, 0.717) is 0 Å². The lowest BCUT2D eigenvalue weighted by atomic mass is 10.0. The van der Waals surface area contributed by atoms with Gasteiger partial charge in [-0.25, -0.2) is 4.68 Å². The largest absolute Gasteiger partial charge is 0.324 e. The summed E-state index contributed by atoms with van der Waals surface area (Å²) in [6.07, 6.45) is 3.76. The molecule has 0 radical (unpaired) electrons. The molecule has 108 valence electrons. The third-order valence-corrected chi connectivity index (χ3v) is 4.18. The Morgan fingerprint density at radius 2 is 1.91 bits per heavy atom.